The van der Waals surface area contributed by atoms with Gasteiger partial charge in [0.2, 0.25) is 0 Å². The summed E-state index contributed by atoms with van der Waals surface area (Å²) < 4.78 is 30.4. The van der Waals surface area contributed by atoms with E-state index >= 15 is 0 Å². The molecule has 0 bridgehead atoms. The van der Waals surface area contributed by atoms with Gasteiger partial charge in [-0.05, 0) is 16.3 Å². The smallest absolute Gasteiger partial charge is 0.285 e. The summed E-state index contributed by atoms with van der Waals surface area (Å²) in [5.41, 5.74) is 0.621. The third-order valence-corrected chi connectivity index (χ3v) is 2.89. The molecule has 0 saturated heterocycles. The summed E-state index contributed by atoms with van der Waals surface area (Å²) in [6.07, 6.45) is 0. The Kier molecular flexibility index (Phi) is 4.52. The van der Waals surface area contributed by atoms with E-state index in [1.807, 2.05) is 30.3 Å². The third-order valence-electron chi connectivity index (χ3n) is 2.22. The van der Waals surface area contributed by atoms with Gasteiger partial charge in [-0.3, -0.25) is 4.55 Å². The Morgan fingerprint density at radius 2 is 1.62 bits per heavy atom. The van der Waals surface area contributed by atoms with E-state index in [0.29, 0.717) is 5.56 Å². The molecule has 0 radical (unpaired) electrons. The van der Waals surface area contributed by atoms with Crippen LogP contribution >= 0.6 is 0 Å². The first-order chi connectivity index (χ1) is 7.06. The molecule has 16 heavy (non-hydrogen) atoms. The van der Waals surface area contributed by atoms with Crippen LogP contribution in [0, 0.1) is 0 Å². The number of benzene rings is 2. The second-order valence-corrected chi connectivity index (χ2v) is 4.82. The maximum Gasteiger partial charge on any atom is 1.00 e. The van der Waals surface area contributed by atoms with Crippen LogP contribution in [0.25, 0.3) is 10.8 Å². The molecule has 0 unspecified atom stereocenters. The van der Waals surface area contributed by atoms with Crippen LogP contribution in [-0.2, 0) is 15.9 Å². The summed E-state index contributed by atoms with van der Waals surface area (Å²) in [6.45, 7) is 0. The molecule has 0 aromatic heterocycles. The maximum absolute atomic E-state index is 10.8. The van der Waals surface area contributed by atoms with Crippen LogP contribution in [0.4, 0.5) is 0 Å². The van der Waals surface area contributed by atoms with Gasteiger partial charge in [0, 0.05) is 0 Å². The number of fused-ring (bicyclic) bond motifs is 1. The average Bonchev–Trinajstić information content (AvgIpc) is 2.16. The fourth-order valence-corrected chi connectivity index (χ4v) is 2.26. The molecular formula is C11H10NaO3S+. The zero-order chi connectivity index (χ0) is 10.9. The van der Waals surface area contributed by atoms with Crippen molar-refractivity contribution >= 4 is 20.9 Å². The Morgan fingerprint density at radius 1 is 1.00 bits per heavy atom. The van der Waals surface area contributed by atoms with Gasteiger partial charge in [-0.25, -0.2) is 0 Å². The molecule has 0 aliphatic carbocycles. The van der Waals surface area contributed by atoms with Gasteiger partial charge in [-0.2, -0.15) is 8.42 Å². The van der Waals surface area contributed by atoms with E-state index in [9.17, 15) is 8.42 Å². The molecule has 0 fully saturated rings. The van der Waals surface area contributed by atoms with Crippen LogP contribution in [0.5, 0.6) is 0 Å². The molecule has 0 heterocycles. The van der Waals surface area contributed by atoms with Gasteiger partial charge >= 0.3 is 29.6 Å². The summed E-state index contributed by atoms with van der Waals surface area (Å²) in [7, 11) is -3.97. The Balaban J connectivity index is 0.00000128. The molecule has 2 aromatic carbocycles. The summed E-state index contributed by atoms with van der Waals surface area (Å²) in [5.74, 6) is -0.339. The number of hydrogen-bond acceptors (Lipinski definition) is 2. The van der Waals surface area contributed by atoms with Gasteiger partial charge in [0.25, 0.3) is 10.1 Å². The Morgan fingerprint density at radius 3 is 2.31 bits per heavy atom. The van der Waals surface area contributed by atoms with Crippen LogP contribution in [0.15, 0.2) is 42.5 Å². The minimum Gasteiger partial charge on any atom is -0.285 e. The molecular weight excluding hydrogens is 235 g/mol. The minimum atomic E-state index is -3.97. The molecule has 0 spiro atoms. The maximum atomic E-state index is 10.8. The topological polar surface area (TPSA) is 54.4 Å². The van der Waals surface area contributed by atoms with Gasteiger partial charge in [0.05, 0.1) is 0 Å². The van der Waals surface area contributed by atoms with Crippen molar-refractivity contribution in [3.63, 3.8) is 0 Å². The quantitative estimate of drug-likeness (QED) is 0.558. The second-order valence-electron chi connectivity index (χ2n) is 3.36. The van der Waals surface area contributed by atoms with Crippen LogP contribution < -0.4 is 29.6 Å². The molecule has 5 heteroatoms. The second kappa shape index (κ2) is 5.29. The molecule has 3 nitrogen and oxygen atoms in total. The van der Waals surface area contributed by atoms with Crippen molar-refractivity contribution in [2.75, 3.05) is 0 Å². The zero-order valence-corrected chi connectivity index (χ0v) is 11.7. The SMILES string of the molecule is O=S(=O)(O)Cc1cccc2ccccc12.[Na+]. The third kappa shape index (κ3) is 3.30. The van der Waals surface area contributed by atoms with Gasteiger partial charge < -0.3 is 0 Å². The van der Waals surface area contributed by atoms with E-state index in [1.165, 1.54) is 0 Å². The monoisotopic (exact) mass is 245 g/mol. The summed E-state index contributed by atoms with van der Waals surface area (Å²) in [5, 5.41) is 1.83. The van der Waals surface area contributed by atoms with Crippen molar-refractivity contribution in [1.82, 2.24) is 0 Å². The summed E-state index contributed by atoms with van der Waals surface area (Å²) in [4.78, 5) is 0. The van der Waals surface area contributed by atoms with E-state index in [4.69, 9.17) is 4.55 Å². The Labute approximate surface area is 117 Å². The number of rotatable bonds is 2. The van der Waals surface area contributed by atoms with Crippen molar-refractivity contribution in [2.24, 2.45) is 0 Å². The van der Waals surface area contributed by atoms with E-state index in [2.05, 4.69) is 0 Å². The average molecular weight is 245 g/mol. The van der Waals surface area contributed by atoms with Crippen molar-refractivity contribution in [3.8, 4) is 0 Å². The van der Waals surface area contributed by atoms with Gasteiger partial charge in [-0.1, -0.05) is 42.5 Å². The van der Waals surface area contributed by atoms with E-state index in [0.717, 1.165) is 10.8 Å². The molecule has 0 amide bonds. The molecule has 0 saturated carbocycles. The molecule has 0 atom stereocenters. The van der Waals surface area contributed by atoms with Crippen molar-refractivity contribution in [3.05, 3.63) is 48.0 Å². The standard InChI is InChI=1S/C11H10O3S.Na/c12-15(13,14)8-10-6-3-5-9-4-1-2-7-11(9)10;/h1-7H,8H2,(H,12,13,14);/q;+1. The van der Waals surface area contributed by atoms with Crippen LogP contribution in [0.3, 0.4) is 0 Å². The fraction of sp³-hybridized carbons (Fsp3) is 0.0909. The molecule has 0 aliphatic rings. The predicted octanol–water partition coefficient (Wildman–Crippen LogP) is -0.768. The largest absolute Gasteiger partial charge is 1.00 e. The van der Waals surface area contributed by atoms with Gasteiger partial charge in [0.15, 0.2) is 0 Å². The van der Waals surface area contributed by atoms with Crippen LogP contribution in [0.1, 0.15) is 5.56 Å². The normalized spacial score (nSPS) is 11.1. The van der Waals surface area contributed by atoms with Crippen LogP contribution in [-0.4, -0.2) is 13.0 Å². The van der Waals surface area contributed by atoms with Gasteiger partial charge in [-0.15, -0.1) is 0 Å². The first-order valence-electron chi connectivity index (χ1n) is 4.48. The molecule has 1 N–H and O–H groups in total. The molecule has 2 rings (SSSR count). The summed E-state index contributed by atoms with van der Waals surface area (Å²) in [6, 6.07) is 12.9. The predicted molar refractivity (Wildman–Crippen MR) is 59.2 cm³/mol. The van der Waals surface area contributed by atoms with Crippen molar-refractivity contribution in [1.29, 1.82) is 0 Å². The van der Waals surface area contributed by atoms with Crippen LogP contribution in [0.2, 0.25) is 0 Å². The van der Waals surface area contributed by atoms with Gasteiger partial charge in [0.1, 0.15) is 5.75 Å². The number of hydrogen-bond donors (Lipinski definition) is 1. The fourth-order valence-electron chi connectivity index (χ4n) is 1.61. The van der Waals surface area contributed by atoms with Crippen molar-refractivity contribution < 1.29 is 42.5 Å². The van der Waals surface area contributed by atoms with E-state index in [1.54, 1.807) is 12.1 Å². The molecule has 2 aromatic rings. The molecule has 78 valence electrons. The first-order valence-corrected chi connectivity index (χ1v) is 6.09. The van der Waals surface area contributed by atoms with E-state index < -0.39 is 10.1 Å². The minimum absolute atomic E-state index is 0. The Hall–Kier alpha value is -0.390. The zero-order valence-electron chi connectivity index (χ0n) is 8.92. The summed E-state index contributed by atoms with van der Waals surface area (Å²) >= 11 is 0. The Bertz CT molecular complexity index is 588. The first kappa shape index (κ1) is 13.7. The molecule has 0 aliphatic heterocycles. The van der Waals surface area contributed by atoms with Crippen molar-refractivity contribution in [2.45, 2.75) is 5.75 Å². The van der Waals surface area contributed by atoms with E-state index in [-0.39, 0.29) is 35.3 Å².